The number of aromatic hydroxyl groups is 1. The highest BCUT2D eigenvalue weighted by Gasteiger charge is 2.21. The third kappa shape index (κ3) is 2.74. The lowest BCUT2D eigenvalue weighted by Gasteiger charge is -2.16. The number of carbonyl (C=O) groups is 1. The molecule has 0 saturated heterocycles. The molecule has 0 unspecified atom stereocenters. The van der Waals surface area contributed by atoms with Crippen LogP contribution in [0.4, 0.5) is 0 Å². The zero-order valence-electron chi connectivity index (χ0n) is 13.1. The van der Waals surface area contributed by atoms with Crippen LogP contribution in [-0.2, 0) is 4.74 Å². The molecule has 0 saturated carbocycles. The van der Waals surface area contributed by atoms with E-state index < -0.39 is 11.5 Å². The van der Waals surface area contributed by atoms with Crippen LogP contribution in [0.5, 0.6) is 5.75 Å². The van der Waals surface area contributed by atoms with Gasteiger partial charge in [-0.3, -0.25) is 9.36 Å². The summed E-state index contributed by atoms with van der Waals surface area (Å²) in [6, 6.07) is 6.72. The predicted molar refractivity (Wildman–Crippen MR) is 83.9 cm³/mol. The first kappa shape index (κ1) is 15.8. The molecule has 5 nitrogen and oxygen atoms in total. The Balaban J connectivity index is 2.74. The summed E-state index contributed by atoms with van der Waals surface area (Å²) in [5, 5.41) is 9.94. The normalized spacial score (nSPS) is 10.5. The first-order chi connectivity index (χ1) is 10.4. The maximum Gasteiger partial charge on any atom is 0.343 e. The number of hydrogen-bond acceptors (Lipinski definition) is 4. The van der Waals surface area contributed by atoms with Gasteiger partial charge in [-0.15, -0.1) is 0 Å². The van der Waals surface area contributed by atoms with Gasteiger partial charge < -0.3 is 9.84 Å². The van der Waals surface area contributed by atoms with Crippen LogP contribution in [0.1, 0.15) is 34.1 Å². The molecule has 1 N–H and O–H groups in total. The Morgan fingerprint density at radius 1 is 1.23 bits per heavy atom. The maximum absolute atomic E-state index is 12.3. The van der Waals surface area contributed by atoms with Crippen molar-refractivity contribution >= 4 is 5.97 Å². The SMILES string of the molecule is CCOC(=O)c1c(O)cc(=O)n(-c2ccc(C)cc2C)c1C. The molecular weight excluding hydrogens is 282 g/mol. The number of aryl methyl sites for hydroxylation is 2. The topological polar surface area (TPSA) is 68.5 Å². The van der Waals surface area contributed by atoms with Crippen LogP contribution >= 0.6 is 0 Å². The number of pyridine rings is 1. The summed E-state index contributed by atoms with van der Waals surface area (Å²) in [5.74, 6) is -1.00. The Kier molecular flexibility index (Phi) is 4.35. The van der Waals surface area contributed by atoms with Gasteiger partial charge >= 0.3 is 5.97 Å². The lowest BCUT2D eigenvalue weighted by molar-refractivity contribution is 0.0521. The average Bonchev–Trinajstić information content (AvgIpc) is 2.40. The molecule has 0 fully saturated rings. The molecule has 0 aliphatic heterocycles. The molecule has 0 atom stereocenters. The fraction of sp³-hybridized carbons (Fsp3) is 0.294. The lowest BCUT2D eigenvalue weighted by atomic mass is 10.1. The third-order valence-corrected chi connectivity index (χ3v) is 3.51. The molecule has 0 radical (unpaired) electrons. The first-order valence-electron chi connectivity index (χ1n) is 7.07. The summed E-state index contributed by atoms with van der Waals surface area (Å²) in [4.78, 5) is 24.3. The fourth-order valence-electron chi connectivity index (χ4n) is 2.53. The van der Waals surface area contributed by atoms with Gasteiger partial charge in [-0.1, -0.05) is 17.7 Å². The first-order valence-corrected chi connectivity index (χ1v) is 7.07. The Hall–Kier alpha value is -2.56. The monoisotopic (exact) mass is 301 g/mol. The fourth-order valence-corrected chi connectivity index (χ4v) is 2.53. The molecule has 5 heteroatoms. The summed E-state index contributed by atoms with van der Waals surface area (Å²) < 4.78 is 6.37. The number of benzene rings is 1. The smallest absolute Gasteiger partial charge is 0.343 e. The minimum absolute atomic E-state index is 0.0152. The molecule has 0 aliphatic rings. The van der Waals surface area contributed by atoms with Crippen molar-refractivity contribution in [3.05, 3.63) is 57.0 Å². The molecule has 1 aromatic heterocycles. The van der Waals surface area contributed by atoms with Crippen molar-refractivity contribution in [2.24, 2.45) is 0 Å². The van der Waals surface area contributed by atoms with Crippen LogP contribution in [0.15, 0.2) is 29.1 Å². The number of carbonyl (C=O) groups excluding carboxylic acids is 1. The van der Waals surface area contributed by atoms with Crippen molar-refractivity contribution in [1.29, 1.82) is 0 Å². The second-order valence-corrected chi connectivity index (χ2v) is 5.17. The van der Waals surface area contributed by atoms with Gasteiger partial charge in [0.2, 0.25) is 0 Å². The zero-order chi connectivity index (χ0) is 16.4. The Morgan fingerprint density at radius 3 is 2.50 bits per heavy atom. The summed E-state index contributed by atoms with van der Waals surface area (Å²) in [5.41, 5.74) is 2.65. The molecule has 1 aromatic carbocycles. The number of nitrogens with zero attached hydrogens (tertiary/aromatic N) is 1. The Morgan fingerprint density at radius 2 is 1.91 bits per heavy atom. The highest BCUT2D eigenvalue weighted by molar-refractivity contribution is 5.93. The van der Waals surface area contributed by atoms with Crippen LogP contribution in [0, 0.1) is 20.8 Å². The molecule has 0 amide bonds. The van der Waals surface area contributed by atoms with E-state index in [4.69, 9.17) is 4.74 Å². The standard InChI is InChI=1S/C17H19NO4/c1-5-22-17(21)16-12(4)18(15(20)9-14(16)19)13-7-6-10(2)8-11(13)3/h6-9,19H,5H2,1-4H3. The van der Waals surface area contributed by atoms with Crippen LogP contribution in [0.2, 0.25) is 0 Å². The summed E-state index contributed by atoms with van der Waals surface area (Å²) in [6.07, 6.45) is 0. The van der Waals surface area contributed by atoms with Gasteiger partial charge in [-0.05, 0) is 39.3 Å². The van der Waals surface area contributed by atoms with Crippen molar-refractivity contribution in [2.75, 3.05) is 6.61 Å². The third-order valence-electron chi connectivity index (χ3n) is 3.51. The largest absolute Gasteiger partial charge is 0.507 e. The van der Waals surface area contributed by atoms with Gasteiger partial charge in [0, 0.05) is 11.8 Å². The molecule has 1 heterocycles. The van der Waals surface area contributed by atoms with E-state index in [9.17, 15) is 14.7 Å². The number of aromatic nitrogens is 1. The van der Waals surface area contributed by atoms with Gasteiger partial charge in [0.1, 0.15) is 11.3 Å². The van der Waals surface area contributed by atoms with Crippen molar-refractivity contribution < 1.29 is 14.6 Å². The van der Waals surface area contributed by atoms with E-state index in [2.05, 4.69) is 0 Å². The van der Waals surface area contributed by atoms with Gasteiger partial charge in [0.15, 0.2) is 0 Å². The molecule has 0 aliphatic carbocycles. The molecule has 22 heavy (non-hydrogen) atoms. The predicted octanol–water partition coefficient (Wildman–Crippen LogP) is 2.65. The highest BCUT2D eigenvalue weighted by atomic mass is 16.5. The van der Waals surface area contributed by atoms with Gasteiger partial charge in [-0.2, -0.15) is 0 Å². The van der Waals surface area contributed by atoms with E-state index in [-0.39, 0.29) is 17.9 Å². The number of hydrogen-bond donors (Lipinski definition) is 1. The maximum atomic E-state index is 12.3. The minimum Gasteiger partial charge on any atom is -0.507 e. The van der Waals surface area contributed by atoms with Crippen LogP contribution in [-0.4, -0.2) is 22.2 Å². The lowest BCUT2D eigenvalue weighted by Crippen LogP contribution is -2.24. The van der Waals surface area contributed by atoms with Gasteiger partial charge in [-0.25, -0.2) is 4.79 Å². The highest BCUT2D eigenvalue weighted by Crippen LogP contribution is 2.23. The van der Waals surface area contributed by atoms with E-state index in [0.717, 1.165) is 17.2 Å². The Labute approximate surface area is 128 Å². The number of esters is 1. The van der Waals surface area contributed by atoms with Crippen molar-refractivity contribution in [3.63, 3.8) is 0 Å². The van der Waals surface area contributed by atoms with Gasteiger partial charge in [0.05, 0.1) is 12.3 Å². The van der Waals surface area contributed by atoms with Crippen molar-refractivity contribution in [2.45, 2.75) is 27.7 Å². The van der Waals surface area contributed by atoms with Crippen LogP contribution in [0.25, 0.3) is 5.69 Å². The summed E-state index contributed by atoms with van der Waals surface area (Å²) >= 11 is 0. The Bertz CT molecular complexity index is 790. The second-order valence-electron chi connectivity index (χ2n) is 5.17. The molecule has 0 bridgehead atoms. The quantitative estimate of drug-likeness (QED) is 0.885. The van der Waals surface area contributed by atoms with E-state index >= 15 is 0 Å². The summed E-state index contributed by atoms with van der Waals surface area (Å²) in [7, 11) is 0. The van der Waals surface area contributed by atoms with Crippen LogP contribution < -0.4 is 5.56 Å². The molecule has 116 valence electrons. The van der Waals surface area contributed by atoms with Crippen LogP contribution in [0.3, 0.4) is 0 Å². The molecule has 0 spiro atoms. The van der Waals surface area contributed by atoms with Crippen molar-refractivity contribution in [1.82, 2.24) is 4.57 Å². The second kappa shape index (κ2) is 6.05. The van der Waals surface area contributed by atoms with E-state index in [1.807, 2.05) is 32.0 Å². The van der Waals surface area contributed by atoms with E-state index in [1.165, 1.54) is 4.57 Å². The molecule has 2 rings (SSSR count). The zero-order valence-corrected chi connectivity index (χ0v) is 13.1. The summed E-state index contributed by atoms with van der Waals surface area (Å²) in [6.45, 7) is 7.36. The van der Waals surface area contributed by atoms with E-state index in [0.29, 0.717) is 11.4 Å². The van der Waals surface area contributed by atoms with Gasteiger partial charge in [0.25, 0.3) is 5.56 Å². The molecule has 2 aromatic rings. The average molecular weight is 301 g/mol. The van der Waals surface area contributed by atoms with Crippen molar-refractivity contribution in [3.8, 4) is 11.4 Å². The molecular formula is C17H19NO4. The van der Waals surface area contributed by atoms with E-state index in [1.54, 1.807) is 13.8 Å². The number of ether oxygens (including phenoxy) is 1. The number of rotatable bonds is 3. The minimum atomic E-state index is -0.643.